The normalized spacial score (nSPS) is 18.9. The molecule has 1 N–H and O–H groups in total. The summed E-state index contributed by atoms with van der Waals surface area (Å²) in [5.41, 5.74) is 3.33. The predicted octanol–water partition coefficient (Wildman–Crippen LogP) is 4.10. The molecule has 4 rings (SSSR count). The molecule has 0 bridgehead atoms. The van der Waals surface area contributed by atoms with Gasteiger partial charge >= 0.3 is 0 Å². The third-order valence-electron chi connectivity index (χ3n) is 5.75. The van der Waals surface area contributed by atoms with Gasteiger partial charge in [0.25, 0.3) is 0 Å². The summed E-state index contributed by atoms with van der Waals surface area (Å²) in [6, 6.07) is 19.4. The SMILES string of the molecule is CC(CC(=O)Nc1ccc(N2CCN(C3CC3)CC2)cc1)c1ccccc1. The van der Waals surface area contributed by atoms with Crippen molar-refractivity contribution in [2.24, 2.45) is 0 Å². The molecule has 1 saturated carbocycles. The van der Waals surface area contributed by atoms with Gasteiger partial charge in [0.2, 0.25) is 5.91 Å². The molecule has 2 aliphatic rings. The van der Waals surface area contributed by atoms with Gasteiger partial charge in [0.15, 0.2) is 0 Å². The molecule has 2 aromatic carbocycles. The summed E-state index contributed by atoms with van der Waals surface area (Å²) in [5.74, 6) is 0.283. The Morgan fingerprint density at radius 1 is 1.00 bits per heavy atom. The van der Waals surface area contributed by atoms with Gasteiger partial charge in [-0.2, -0.15) is 0 Å². The minimum atomic E-state index is 0.0668. The number of benzene rings is 2. The topological polar surface area (TPSA) is 35.6 Å². The minimum absolute atomic E-state index is 0.0668. The molecule has 1 unspecified atom stereocenters. The summed E-state index contributed by atoms with van der Waals surface area (Å²) in [6.07, 6.45) is 3.27. The number of piperazine rings is 1. The molecule has 1 atom stereocenters. The van der Waals surface area contributed by atoms with Crippen LogP contribution in [0.4, 0.5) is 11.4 Å². The number of nitrogens with one attached hydrogen (secondary N) is 1. The van der Waals surface area contributed by atoms with Crippen LogP contribution in [0.15, 0.2) is 54.6 Å². The second-order valence-corrected chi connectivity index (χ2v) is 7.87. The fourth-order valence-electron chi connectivity index (χ4n) is 3.93. The highest BCUT2D eigenvalue weighted by Gasteiger charge is 2.31. The summed E-state index contributed by atoms with van der Waals surface area (Å²) in [5, 5.41) is 3.04. The third kappa shape index (κ3) is 4.69. The Morgan fingerprint density at radius 3 is 2.30 bits per heavy atom. The van der Waals surface area contributed by atoms with Crippen LogP contribution in [-0.2, 0) is 4.79 Å². The van der Waals surface area contributed by atoms with Crippen LogP contribution in [0.3, 0.4) is 0 Å². The monoisotopic (exact) mass is 363 g/mol. The zero-order valence-corrected chi connectivity index (χ0v) is 16.1. The van der Waals surface area contributed by atoms with Gasteiger partial charge in [-0.25, -0.2) is 0 Å². The Kier molecular flexibility index (Phi) is 5.44. The number of nitrogens with zero attached hydrogens (tertiary/aromatic N) is 2. The van der Waals surface area contributed by atoms with Gasteiger partial charge in [-0.15, -0.1) is 0 Å². The number of carbonyl (C=O) groups excluding carboxylic acids is 1. The molecule has 142 valence electrons. The molecule has 4 nitrogen and oxygen atoms in total. The molecular weight excluding hydrogens is 334 g/mol. The lowest BCUT2D eigenvalue weighted by atomic mass is 9.97. The maximum atomic E-state index is 12.4. The Bertz CT molecular complexity index is 747. The average molecular weight is 364 g/mol. The predicted molar refractivity (Wildman–Crippen MR) is 111 cm³/mol. The quantitative estimate of drug-likeness (QED) is 0.839. The summed E-state index contributed by atoms with van der Waals surface area (Å²) in [7, 11) is 0. The van der Waals surface area contributed by atoms with E-state index >= 15 is 0 Å². The highest BCUT2D eigenvalue weighted by molar-refractivity contribution is 5.91. The molecule has 0 radical (unpaired) electrons. The molecule has 27 heavy (non-hydrogen) atoms. The van der Waals surface area contributed by atoms with E-state index < -0.39 is 0 Å². The van der Waals surface area contributed by atoms with Gasteiger partial charge in [-0.1, -0.05) is 37.3 Å². The van der Waals surface area contributed by atoms with Crippen LogP contribution in [-0.4, -0.2) is 43.0 Å². The average Bonchev–Trinajstić information content (AvgIpc) is 3.55. The van der Waals surface area contributed by atoms with E-state index in [0.717, 1.165) is 24.8 Å². The lowest BCUT2D eigenvalue weighted by molar-refractivity contribution is -0.116. The highest BCUT2D eigenvalue weighted by Crippen LogP contribution is 2.29. The number of hydrogen-bond donors (Lipinski definition) is 1. The smallest absolute Gasteiger partial charge is 0.224 e. The first kappa shape index (κ1) is 18.1. The van der Waals surface area contributed by atoms with Gasteiger partial charge in [-0.05, 0) is 48.6 Å². The van der Waals surface area contributed by atoms with Crippen LogP contribution in [0, 0.1) is 0 Å². The molecule has 1 saturated heterocycles. The van der Waals surface area contributed by atoms with Crippen LogP contribution in [0.5, 0.6) is 0 Å². The Labute approximate surface area is 162 Å². The molecule has 1 aliphatic heterocycles. The zero-order valence-electron chi connectivity index (χ0n) is 16.1. The molecule has 2 aromatic rings. The molecule has 4 heteroatoms. The molecule has 0 aromatic heterocycles. The summed E-state index contributed by atoms with van der Waals surface area (Å²) in [4.78, 5) is 17.4. The van der Waals surface area contributed by atoms with E-state index in [1.165, 1.54) is 37.2 Å². The summed E-state index contributed by atoms with van der Waals surface area (Å²) in [6.45, 7) is 6.62. The molecule has 2 fully saturated rings. The van der Waals surface area contributed by atoms with Crippen molar-refractivity contribution in [2.75, 3.05) is 36.4 Å². The van der Waals surface area contributed by atoms with Gasteiger partial charge in [0.1, 0.15) is 0 Å². The molecule has 1 amide bonds. The molecule has 0 spiro atoms. The lowest BCUT2D eigenvalue weighted by Gasteiger charge is -2.36. The van der Waals surface area contributed by atoms with Crippen LogP contribution >= 0.6 is 0 Å². The number of hydrogen-bond acceptors (Lipinski definition) is 3. The number of anilines is 2. The van der Waals surface area contributed by atoms with E-state index in [1.807, 2.05) is 30.3 Å². The largest absolute Gasteiger partial charge is 0.369 e. The Hall–Kier alpha value is -2.33. The molecule has 1 aliphatic carbocycles. The molecular formula is C23H29N3O. The first-order valence-corrected chi connectivity index (χ1v) is 10.1. The van der Waals surface area contributed by atoms with Crippen molar-refractivity contribution in [3.8, 4) is 0 Å². The van der Waals surface area contributed by atoms with Crippen LogP contribution in [0.1, 0.15) is 37.7 Å². The Morgan fingerprint density at radius 2 is 1.67 bits per heavy atom. The maximum absolute atomic E-state index is 12.4. The van der Waals surface area contributed by atoms with Crippen LogP contribution in [0.25, 0.3) is 0 Å². The standard InChI is InChI=1S/C23H29N3O/c1-18(19-5-3-2-4-6-19)17-23(27)24-20-7-9-21(10-8-20)25-13-15-26(16-14-25)22-11-12-22/h2-10,18,22H,11-17H2,1H3,(H,24,27). The summed E-state index contributed by atoms with van der Waals surface area (Å²) < 4.78 is 0. The minimum Gasteiger partial charge on any atom is -0.369 e. The third-order valence-corrected chi connectivity index (χ3v) is 5.75. The van der Waals surface area contributed by atoms with Crippen molar-refractivity contribution in [2.45, 2.75) is 38.1 Å². The fourth-order valence-corrected chi connectivity index (χ4v) is 3.93. The van der Waals surface area contributed by atoms with Gasteiger partial charge in [0, 0.05) is 50.0 Å². The van der Waals surface area contributed by atoms with E-state index in [2.05, 4.69) is 46.3 Å². The number of rotatable bonds is 6. The van der Waals surface area contributed by atoms with Crippen molar-refractivity contribution in [3.05, 3.63) is 60.2 Å². The van der Waals surface area contributed by atoms with Crippen LogP contribution < -0.4 is 10.2 Å². The van der Waals surface area contributed by atoms with Crippen molar-refractivity contribution < 1.29 is 4.79 Å². The van der Waals surface area contributed by atoms with Gasteiger partial charge in [-0.3, -0.25) is 9.69 Å². The second kappa shape index (κ2) is 8.13. The first-order chi connectivity index (χ1) is 13.2. The fraction of sp³-hybridized carbons (Fsp3) is 0.435. The van der Waals surface area contributed by atoms with Crippen molar-refractivity contribution >= 4 is 17.3 Å². The maximum Gasteiger partial charge on any atom is 0.224 e. The lowest BCUT2D eigenvalue weighted by Crippen LogP contribution is -2.47. The number of amides is 1. The zero-order chi connectivity index (χ0) is 18.6. The molecule has 1 heterocycles. The van der Waals surface area contributed by atoms with E-state index in [1.54, 1.807) is 0 Å². The summed E-state index contributed by atoms with van der Waals surface area (Å²) >= 11 is 0. The Balaban J connectivity index is 1.28. The van der Waals surface area contributed by atoms with Crippen molar-refractivity contribution in [1.29, 1.82) is 0 Å². The van der Waals surface area contributed by atoms with E-state index in [-0.39, 0.29) is 11.8 Å². The van der Waals surface area contributed by atoms with E-state index in [9.17, 15) is 4.79 Å². The first-order valence-electron chi connectivity index (χ1n) is 10.1. The van der Waals surface area contributed by atoms with E-state index in [0.29, 0.717) is 6.42 Å². The van der Waals surface area contributed by atoms with E-state index in [4.69, 9.17) is 0 Å². The van der Waals surface area contributed by atoms with Gasteiger partial charge < -0.3 is 10.2 Å². The second-order valence-electron chi connectivity index (χ2n) is 7.87. The van der Waals surface area contributed by atoms with Crippen molar-refractivity contribution in [1.82, 2.24) is 4.90 Å². The highest BCUT2D eigenvalue weighted by atomic mass is 16.1. The van der Waals surface area contributed by atoms with Gasteiger partial charge in [0.05, 0.1) is 0 Å². The number of carbonyl (C=O) groups is 1. The van der Waals surface area contributed by atoms with Crippen molar-refractivity contribution in [3.63, 3.8) is 0 Å². The van der Waals surface area contributed by atoms with Crippen LogP contribution in [0.2, 0.25) is 0 Å².